The molecule has 0 unspecified atom stereocenters. The number of ketones is 1. The van der Waals surface area contributed by atoms with E-state index >= 15 is 0 Å². The molecule has 21 heavy (non-hydrogen) atoms. The fourth-order valence-corrected chi connectivity index (χ4v) is 3.33. The van der Waals surface area contributed by atoms with Gasteiger partial charge in [-0.15, -0.1) is 0 Å². The van der Waals surface area contributed by atoms with Crippen LogP contribution in [0, 0.1) is 5.92 Å². The molecule has 1 saturated carbocycles. The SMILES string of the molecule is NCc1ccc(S(=O)(=O)NC(=O)C2CCC(=O)CC2)cc1. The molecule has 0 aliphatic heterocycles. The summed E-state index contributed by atoms with van der Waals surface area (Å²) >= 11 is 0. The molecule has 1 fully saturated rings. The lowest BCUT2D eigenvalue weighted by molar-refractivity contribution is -0.127. The lowest BCUT2D eigenvalue weighted by atomic mass is 9.88. The minimum absolute atomic E-state index is 0.0277. The molecule has 0 saturated heterocycles. The summed E-state index contributed by atoms with van der Waals surface area (Å²) in [5.74, 6) is -0.828. The van der Waals surface area contributed by atoms with Gasteiger partial charge >= 0.3 is 0 Å². The molecule has 0 bridgehead atoms. The van der Waals surface area contributed by atoms with E-state index in [0.29, 0.717) is 32.2 Å². The van der Waals surface area contributed by atoms with Crippen molar-refractivity contribution in [3.05, 3.63) is 29.8 Å². The summed E-state index contributed by atoms with van der Waals surface area (Å²) in [6.07, 6.45) is 1.49. The summed E-state index contributed by atoms with van der Waals surface area (Å²) in [5, 5.41) is 0. The van der Waals surface area contributed by atoms with E-state index in [0.717, 1.165) is 5.56 Å². The molecule has 6 nitrogen and oxygen atoms in total. The highest BCUT2D eigenvalue weighted by molar-refractivity contribution is 7.90. The topological polar surface area (TPSA) is 106 Å². The Labute approximate surface area is 123 Å². The number of amides is 1. The van der Waals surface area contributed by atoms with Crippen LogP contribution in [-0.2, 0) is 26.2 Å². The first-order valence-corrected chi connectivity index (χ1v) is 8.28. The predicted molar refractivity (Wildman–Crippen MR) is 76.6 cm³/mol. The summed E-state index contributed by atoms with van der Waals surface area (Å²) < 4.78 is 26.3. The van der Waals surface area contributed by atoms with E-state index in [1.54, 1.807) is 12.1 Å². The van der Waals surface area contributed by atoms with Crippen molar-refractivity contribution in [3.63, 3.8) is 0 Å². The van der Waals surface area contributed by atoms with E-state index in [9.17, 15) is 18.0 Å². The highest BCUT2D eigenvalue weighted by atomic mass is 32.2. The van der Waals surface area contributed by atoms with Crippen molar-refractivity contribution in [1.29, 1.82) is 0 Å². The molecule has 1 aliphatic carbocycles. The van der Waals surface area contributed by atoms with E-state index in [-0.39, 0.29) is 10.7 Å². The fraction of sp³-hybridized carbons (Fsp3) is 0.429. The Kier molecular flexibility index (Phi) is 4.74. The van der Waals surface area contributed by atoms with Crippen molar-refractivity contribution in [2.45, 2.75) is 37.1 Å². The lowest BCUT2D eigenvalue weighted by Gasteiger charge is -2.20. The third kappa shape index (κ3) is 3.89. The second-order valence-corrected chi connectivity index (χ2v) is 6.81. The van der Waals surface area contributed by atoms with Crippen LogP contribution in [0.15, 0.2) is 29.2 Å². The number of benzene rings is 1. The number of sulfonamides is 1. The Bertz CT molecular complexity index is 627. The standard InChI is InChI=1S/C14H18N2O4S/c15-9-10-1-7-13(8-2-10)21(19,20)16-14(18)11-3-5-12(17)6-4-11/h1-2,7-8,11H,3-6,9,15H2,(H,16,18). The number of nitrogens with two attached hydrogens (primary N) is 1. The average molecular weight is 310 g/mol. The van der Waals surface area contributed by atoms with Crippen LogP contribution in [0.3, 0.4) is 0 Å². The largest absolute Gasteiger partial charge is 0.326 e. The maximum Gasteiger partial charge on any atom is 0.264 e. The Morgan fingerprint density at radius 1 is 1.19 bits per heavy atom. The molecule has 0 radical (unpaired) electrons. The van der Waals surface area contributed by atoms with Crippen LogP contribution in [0.25, 0.3) is 0 Å². The monoisotopic (exact) mass is 310 g/mol. The van der Waals surface area contributed by atoms with Crippen LogP contribution in [-0.4, -0.2) is 20.1 Å². The highest BCUT2D eigenvalue weighted by Crippen LogP contribution is 2.22. The second kappa shape index (κ2) is 6.36. The van der Waals surface area contributed by atoms with Crippen molar-refractivity contribution in [1.82, 2.24) is 4.72 Å². The van der Waals surface area contributed by atoms with Crippen LogP contribution < -0.4 is 10.5 Å². The van der Waals surface area contributed by atoms with E-state index in [2.05, 4.69) is 4.72 Å². The molecule has 3 N–H and O–H groups in total. The molecule has 0 atom stereocenters. The molecule has 1 aromatic rings. The van der Waals surface area contributed by atoms with Gasteiger partial charge < -0.3 is 5.73 Å². The van der Waals surface area contributed by atoms with Gasteiger partial charge in [0.1, 0.15) is 5.78 Å². The lowest BCUT2D eigenvalue weighted by Crippen LogP contribution is -2.37. The minimum Gasteiger partial charge on any atom is -0.326 e. The van der Waals surface area contributed by atoms with Crippen molar-refractivity contribution in [2.75, 3.05) is 0 Å². The smallest absolute Gasteiger partial charge is 0.264 e. The Balaban J connectivity index is 2.05. The van der Waals surface area contributed by atoms with E-state index in [1.807, 2.05) is 0 Å². The molecule has 0 heterocycles. The number of hydrogen-bond acceptors (Lipinski definition) is 5. The van der Waals surface area contributed by atoms with E-state index in [4.69, 9.17) is 5.73 Å². The zero-order chi connectivity index (χ0) is 15.5. The van der Waals surface area contributed by atoms with Crippen molar-refractivity contribution < 1.29 is 18.0 Å². The van der Waals surface area contributed by atoms with Crippen molar-refractivity contribution in [3.8, 4) is 0 Å². The number of rotatable bonds is 4. The van der Waals surface area contributed by atoms with Gasteiger partial charge in [-0.2, -0.15) is 0 Å². The summed E-state index contributed by atoms with van der Waals surface area (Å²) in [7, 11) is -3.87. The number of carbonyl (C=O) groups excluding carboxylic acids is 2. The first kappa shape index (κ1) is 15.7. The van der Waals surface area contributed by atoms with Gasteiger partial charge in [-0.05, 0) is 30.5 Å². The van der Waals surface area contributed by atoms with Crippen molar-refractivity contribution >= 4 is 21.7 Å². The number of hydrogen-bond donors (Lipinski definition) is 2. The van der Waals surface area contributed by atoms with Gasteiger partial charge in [-0.1, -0.05) is 12.1 Å². The van der Waals surface area contributed by atoms with Gasteiger partial charge in [-0.25, -0.2) is 13.1 Å². The zero-order valence-electron chi connectivity index (χ0n) is 11.5. The van der Waals surface area contributed by atoms with Crippen molar-refractivity contribution in [2.24, 2.45) is 11.7 Å². The maximum absolute atomic E-state index is 12.1. The van der Waals surface area contributed by atoms with Crippen LogP contribution in [0.1, 0.15) is 31.2 Å². The average Bonchev–Trinajstić information content (AvgIpc) is 2.47. The first-order valence-electron chi connectivity index (χ1n) is 6.80. The van der Waals surface area contributed by atoms with Gasteiger partial charge in [-0.3, -0.25) is 9.59 Å². The molecule has 1 aromatic carbocycles. The molecule has 2 rings (SSSR count). The normalized spacial score (nSPS) is 16.7. The molecule has 0 aromatic heterocycles. The molecular weight excluding hydrogens is 292 g/mol. The summed E-state index contributed by atoms with van der Waals surface area (Å²) in [5.41, 5.74) is 6.26. The second-order valence-electron chi connectivity index (χ2n) is 5.13. The zero-order valence-corrected chi connectivity index (χ0v) is 12.4. The van der Waals surface area contributed by atoms with Crippen LogP contribution in [0.2, 0.25) is 0 Å². The van der Waals surface area contributed by atoms with Crippen LogP contribution in [0.4, 0.5) is 0 Å². The Morgan fingerprint density at radius 2 is 1.76 bits per heavy atom. The summed E-state index contributed by atoms with van der Waals surface area (Å²) in [6, 6.07) is 6.06. The molecule has 114 valence electrons. The first-order chi connectivity index (χ1) is 9.92. The molecular formula is C14H18N2O4S. The Morgan fingerprint density at radius 3 is 2.29 bits per heavy atom. The molecule has 1 aliphatic rings. The van der Waals surface area contributed by atoms with E-state index < -0.39 is 21.8 Å². The summed E-state index contributed by atoms with van der Waals surface area (Å²) in [6.45, 7) is 0.322. The van der Waals surface area contributed by atoms with Gasteiger partial charge in [0.05, 0.1) is 4.90 Å². The van der Waals surface area contributed by atoms with Crippen LogP contribution >= 0.6 is 0 Å². The van der Waals surface area contributed by atoms with Gasteiger partial charge in [0.25, 0.3) is 10.0 Å². The maximum atomic E-state index is 12.1. The highest BCUT2D eigenvalue weighted by Gasteiger charge is 2.28. The van der Waals surface area contributed by atoms with Gasteiger partial charge in [0.2, 0.25) is 5.91 Å². The Hall–Kier alpha value is -1.73. The molecule has 7 heteroatoms. The van der Waals surface area contributed by atoms with E-state index in [1.165, 1.54) is 12.1 Å². The number of Topliss-reactive ketones (excluding diaryl/α,β-unsaturated/α-hetero) is 1. The number of nitrogens with one attached hydrogen (secondary N) is 1. The number of carbonyl (C=O) groups is 2. The third-order valence-corrected chi connectivity index (χ3v) is 4.98. The summed E-state index contributed by atoms with van der Waals surface area (Å²) in [4.78, 5) is 23.2. The quantitative estimate of drug-likeness (QED) is 0.852. The van der Waals surface area contributed by atoms with Gasteiger partial charge in [0, 0.05) is 25.3 Å². The predicted octanol–water partition coefficient (Wildman–Crippen LogP) is 0.709. The van der Waals surface area contributed by atoms with Gasteiger partial charge in [0.15, 0.2) is 0 Å². The molecule has 0 spiro atoms. The molecule has 1 amide bonds. The third-order valence-electron chi connectivity index (χ3n) is 3.62. The minimum atomic E-state index is -3.87. The van der Waals surface area contributed by atoms with Crippen LogP contribution in [0.5, 0.6) is 0 Å². The fourth-order valence-electron chi connectivity index (χ4n) is 2.28.